The minimum Gasteiger partial charge on any atom is -0.444 e. The highest BCUT2D eigenvalue weighted by Crippen LogP contribution is 2.39. The van der Waals surface area contributed by atoms with Gasteiger partial charge in [0.25, 0.3) is 20.9 Å². The van der Waals surface area contributed by atoms with Gasteiger partial charge in [0, 0.05) is 75.4 Å². The Morgan fingerprint density at radius 2 is 1.35 bits per heavy atom. The summed E-state index contributed by atoms with van der Waals surface area (Å²) in [6.07, 6.45) is 9.42. The fraction of sp³-hybridized carbons (Fsp3) is 0.300. The molecule has 0 fully saturated rings. The van der Waals surface area contributed by atoms with E-state index in [1.807, 2.05) is 6.07 Å². The number of benzene rings is 2. The maximum atomic E-state index is 7.39. The van der Waals surface area contributed by atoms with Crippen molar-refractivity contribution in [2.45, 2.75) is 26.3 Å². The van der Waals surface area contributed by atoms with Crippen LogP contribution < -0.4 is 16.0 Å². The van der Waals surface area contributed by atoms with E-state index in [1.54, 1.807) is 18.7 Å². The highest BCUT2D eigenvalue weighted by Gasteiger charge is 2.22. The Hall–Kier alpha value is -9.89. The monoisotopic (exact) mass is 858 g/mol. The van der Waals surface area contributed by atoms with Gasteiger partial charge in [-0.1, -0.05) is 40.3 Å². The molecule has 0 atom stereocenters. The van der Waals surface area contributed by atoms with Crippen LogP contribution in [0.2, 0.25) is 0 Å². The molecule has 0 amide bonds. The first-order chi connectivity index (χ1) is 30.5. The van der Waals surface area contributed by atoms with Crippen molar-refractivity contribution in [2.75, 3.05) is 50.2 Å². The third kappa shape index (κ3) is 15.8. The van der Waals surface area contributed by atoms with Crippen LogP contribution in [-0.4, -0.2) is 58.7 Å². The average Bonchev–Trinajstić information content (AvgIpc) is 3.97. The number of likely N-dealkylation sites (N-methyl/N-ethyl adjacent to an activating group) is 2. The topological polar surface area (TPSA) is 491 Å². The molecule has 0 aliphatic carbocycles. The Morgan fingerprint density at radius 3 is 1.86 bits per heavy atom. The minimum atomic E-state index is 0.489. The number of aromatic nitrogens is 4. The summed E-state index contributed by atoms with van der Waals surface area (Å²) in [4.78, 5) is 35.5. The van der Waals surface area contributed by atoms with Crippen molar-refractivity contribution >= 4 is 33.9 Å². The highest BCUT2D eigenvalue weighted by atomic mass is 16.3. The summed E-state index contributed by atoms with van der Waals surface area (Å²) in [6.45, 7) is 4.89. The van der Waals surface area contributed by atoms with Crippen LogP contribution in [0.25, 0.3) is 117 Å². The first kappa shape index (κ1) is 49.3. The van der Waals surface area contributed by atoms with Crippen LogP contribution in [0, 0.1) is 6.92 Å². The van der Waals surface area contributed by atoms with Crippen molar-refractivity contribution < 1.29 is 4.42 Å². The van der Waals surface area contributed by atoms with Crippen molar-refractivity contribution in [3.05, 3.63) is 150 Å². The molecule has 33 heteroatoms. The third-order valence-corrected chi connectivity index (χ3v) is 7.93. The molecule has 0 bridgehead atoms. The maximum Gasteiger partial charge on any atom is 0.280 e. The number of hydrogen-bond donors (Lipinski definition) is 2. The molecule has 3 N–H and O–H groups in total. The molecule has 3 aromatic heterocycles. The van der Waals surface area contributed by atoms with Gasteiger partial charge in [-0.05, 0) is 57.1 Å². The number of anilines is 4. The molecule has 0 saturated carbocycles. The fourth-order valence-corrected chi connectivity index (χ4v) is 5.51. The number of nitrogens with one attached hydrogen (secondary N) is 1. The first-order valence-corrected chi connectivity index (χ1v) is 17.3. The molecule has 1 aliphatic heterocycles. The zero-order valence-corrected chi connectivity index (χ0v) is 33.6. The van der Waals surface area contributed by atoms with E-state index in [-0.39, 0.29) is 0 Å². The lowest BCUT2D eigenvalue weighted by molar-refractivity contribution is 0.416. The summed E-state index contributed by atoms with van der Waals surface area (Å²) in [5.74, 6) is 0.984. The van der Waals surface area contributed by atoms with E-state index in [9.17, 15) is 0 Å². The molecular formula is C30H34N32O. The molecule has 6 rings (SSSR count). The predicted octanol–water partition coefficient (Wildman–Crippen LogP) is 11.4. The van der Waals surface area contributed by atoms with Crippen LogP contribution in [0.3, 0.4) is 0 Å². The Kier molecular flexibility index (Phi) is 21.7. The van der Waals surface area contributed by atoms with Gasteiger partial charge < -0.3 is 29.8 Å². The number of oxazole rings is 1. The second-order valence-electron chi connectivity index (χ2n) is 12.0. The molecule has 0 saturated heterocycles. The Morgan fingerprint density at radius 1 is 0.778 bits per heavy atom. The van der Waals surface area contributed by atoms with Crippen molar-refractivity contribution in [2.24, 2.45) is 41.8 Å². The van der Waals surface area contributed by atoms with E-state index in [0.717, 1.165) is 66.2 Å². The summed E-state index contributed by atoms with van der Waals surface area (Å²) < 4.78 is 8.03. The lowest BCUT2D eigenvalue weighted by Crippen LogP contribution is -2.29. The van der Waals surface area contributed by atoms with Crippen molar-refractivity contribution in [1.29, 1.82) is 0 Å². The number of nitrogens with zero attached hydrogens (tertiary/aromatic N) is 30. The molecule has 0 unspecified atom stereocenters. The molecule has 5 aromatic rings. The van der Waals surface area contributed by atoms with E-state index < -0.39 is 0 Å². The molecule has 63 heavy (non-hydrogen) atoms. The Balaban J connectivity index is 0.000000466. The molecule has 0 radical (unpaired) electrons. The zero-order chi connectivity index (χ0) is 46.4. The molecule has 320 valence electrons. The van der Waals surface area contributed by atoms with Crippen LogP contribution in [0.1, 0.15) is 17.5 Å². The van der Waals surface area contributed by atoms with Gasteiger partial charge in [0.05, 0.1) is 55.2 Å². The number of nitrogen functional groups attached to an aromatic ring is 1. The normalized spacial score (nSPS) is 9.73. The van der Waals surface area contributed by atoms with Crippen LogP contribution >= 0.6 is 0 Å². The highest BCUT2D eigenvalue weighted by molar-refractivity contribution is 6.00. The lowest BCUT2D eigenvalue weighted by atomic mass is 10.0. The van der Waals surface area contributed by atoms with Crippen molar-refractivity contribution in [1.82, 2.24) is 24.4 Å². The van der Waals surface area contributed by atoms with Gasteiger partial charge in [0.1, 0.15) is 6.26 Å². The van der Waals surface area contributed by atoms with Crippen LogP contribution in [-0.2, 0) is 13.0 Å². The van der Waals surface area contributed by atoms with E-state index in [2.05, 4.69) is 169 Å². The van der Waals surface area contributed by atoms with Gasteiger partial charge in [-0.25, -0.2) is 15.0 Å². The summed E-state index contributed by atoms with van der Waals surface area (Å²) >= 11 is 0. The van der Waals surface area contributed by atoms with Crippen molar-refractivity contribution in [3.63, 3.8) is 0 Å². The number of nitrogens with two attached hydrogens (primary N) is 1. The third-order valence-electron chi connectivity index (χ3n) is 7.93. The summed E-state index contributed by atoms with van der Waals surface area (Å²) in [5.41, 5.74) is 74.5. The number of hydrogen-bond acceptors (Lipinski definition) is 8. The van der Waals surface area contributed by atoms with Crippen molar-refractivity contribution in [3.8, 4) is 22.7 Å². The van der Waals surface area contributed by atoms with Gasteiger partial charge in [-0.2, -0.15) is 19.6 Å². The number of azide groups is 8. The predicted molar refractivity (Wildman–Crippen MR) is 231 cm³/mol. The molecule has 33 nitrogen and oxygen atoms in total. The second-order valence-corrected chi connectivity index (χ2v) is 12.0. The smallest absolute Gasteiger partial charge is 0.280 e. The quantitative estimate of drug-likeness (QED) is 0.0398. The first-order valence-electron chi connectivity index (χ1n) is 17.3. The van der Waals surface area contributed by atoms with Gasteiger partial charge in [-0.3, -0.25) is 0 Å². The number of para-hydroxylation sites is 1. The van der Waals surface area contributed by atoms with Gasteiger partial charge in [-0.15, -0.1) is 22.1 Å². The SMILES string of the molecule is Cc1cc(N(C)CCN(C)C)c(N)cc1Nc1ncc(-c2ncco2)c(-c2cn3c4c(cccc24)CCC3)n1.[N-]=[N+]=NN=[N+]=[N-].[N-]=[N+]=NN=[N+]=[N-].[N-]=[N+]=NN=[N+]=[N-].[N-]=[N+]=NN=[N+]=[N-]. The summed E-state index contributed by atoms with van der Waals surface area (Å²) in [6, 6.07) is 10.6. The van der Waals surface area contributed by atoms with E-state index in [4.69, 9.17) is 59.4 Å². The molecule has 0 spiro atoms. The van der Waals surface area contributed by atoms with Crippen LogP contribution in [0.5, 0.6) is 0 Å². The standard InChI is InChI=1S/C30H34N8O.4N6/c1-19-15-26(37(4)13-12-36(2)3)24(31)16-25(19)34-30-33-17-22(29-32-10-14-39-29)27(35-30)23-18-38-11-6-8-20-7-5-9-21(23)28(20)38;4*1-3-5-6-4-2/h5,7,9-10,14-18H,6,8,11-13,31H2,1-4H3,(H,33,34,35);;;;. The Bertz CT molecular complexity index is 2510. The van der Waals surface area contributed by atoms with Gasteiger partial charge >= 0.3 is 0 Å². The maximum absolute atomic E-state index is 7.39. The summed E-state index contributed by atoms with van der Waals surface area (Å²) in [5, 5.41) is 24.4. The largest absolute Gasteiger partial charge is 0.444 e. The second kappa shape index (κ2) is 27.7. The molecule has 2 aromatic carbocycles. The summed E-state index contributed by atoms with van der Waals surface area (Å²) in [7, 11) is 6.21. The van der Waals surface area contributed by atoms with E-state index >= 15 is 0 Å². The average molecular weight is 859 g/mol. The van der Waals surface area contributed by atoms with Gasteiger partial charge in [0.15, 0.2) is 0 Å². The fourth-order valence-electron chi connectivity index (χ4n) is 5.51. The zero-order valence-electron chi connectivity index (χ0n) is 33.6. The Labute approximate surface area is 353 Å². The molecular weight excluding hydrogens is 825 g/mol. The van der Waals surface area contributed by atoms with E-state index in [0.29, 0.717) is 17.5 Å². The van der Waals surface area contributed by atoms with Crippen LogP contribution in [0.15, 0.2) is 101 Å². The van der Waals surface area contributed by atoms with Gasteiger partial charge in [0.2, 0.25) is 11.8 Å². The molecule has 1 aliphatic rings. The number of aryl methyl sites for hydroxylation is 3. The minimum absolute atomic E-state index is 0.489. The lowest BCUT2D eigenvalue weighted by Gasteiger charge is -2.24. The van der Waals surface area contributed by atoms with E-state index in [1.165, 1.54) is 16.5 Å². The number of rotatable bonds is 12. The van der Waals surface area contributed by atoms with Crippen LogP contribution in [0.4, 0.5) is 23.0 Å². The molecule has 4 heterocycles.